The molecule has 2 aromatic carbocycles. The highest BCUT2D eigenvalue weighted by Crippen LogP contribution is 2.39. The number of thiophene rings is 1. The highest BCUT2D eigenvalue weighted by Gasteiger charge is 2.17. The van der Waals surface area contributed by atoms with Gasteiger partial charge in [-0.05, 0) is 54.8 Å². The van der Waals surface area contributed by atoms with Crippen molar-refractivity contribution in [2.75, 3.05) is 5.32 Å². The van der Waals surface area contributed by atoms with Crippen LogP contribution >= 0.6 is 11.3 Å². The molecule has 5 heteroatoms. The predicted molar refractivity (Wildman–Crippen MR) is 131 cm³/mol. The average molecular weight is 421 g/mol. The van der Waals surface area contributed by atoms with Crippen molar-refractivity contribution in [3.05, 3.63) is 88.1 Å². The number of H-pyrrole nitrogens is 1. The Morgan fingerprint density at radius 2 is 1.87 bits per heavy atom. The van der Waals surface area contributed by atoms with E-state index in [0.29, 0.717) is 5.56 Å². The summed E-state index contributed by atoms with van der Waals surface area (Å²) in [4.78, 5) is 9.88. The van der Waals surface area contributed by atoms with Gasteiger partial charge in [0.15, 0.2) is 0 Å². The average Bonchev–Trinajstić information content (AvgIpc) is 3.40. The lowest BCUT2D eigenvalue weighted by molar-refractivity contribution is 1.37. The number of anilines is 2. The zero-order valence-electron chi connectivity index (χ0n) is 17.2. The first-order valence-electron chi connectivity index (χ1n) is 10.0. The molecular weight excluding hydrogens is 400 g/mol. The standard InChI is InChI=1S/C26H20N4S/c1-16-20-12-13-28-22(20)10-9-21(16)30-25-19(14-27)15-29-26-24(25)17(2)23(31-26)11-8-18-6-4-3-5-7-18/h3-13,15,28H,1-2H3,(H,29,30)/b11-8+. The smallest absolute Gasteiger partial charge is 0.126 e. The van der Waals surface area contributed by atoms with Crippen LogP contribution in [0.1, 0.15) is 27.1 Å². The summed E-state index contributed by atoms with van der Waals surface area (Å²) in [5.74, 6) is 0. The Morgan fingerprint density at radius 3 is 2.68 bits per heavy atom. The molecule has 0 fully saturated rings. The van der Waals surface area contributed by atoms with Gasteiger partial charge in [-0.3, -0.25) is 0 Å². The van der Waals surface area contributed by atoms with Crippen LogP contribution in [-0.4, -0.2) is 9.97 Å². The summed E-state index contributed by atoms with van der Waals surface area (Å²) in [5, 5.41) is 15.5. The van der Waals surface area contributed by atoms with Crippen LogP contribution in [0.2, 0.25) is 0 Å². The van der Waals surface area contributed by atoms with Gasteiger partial charge in [0, 0.05) is 39.2 Å². The molecule has 0 unspecified atom stereocenters. The van der Waals surface area contributed by atoms with Crippen molar-refractivity contribution in [2.24, 2.45) is 0 Å². The molecule has 0 saturated heterocycles. The van der Waals surface area contributed by atoms with E-state index >= 15 is 0 Å². The Kier molecular flexibility index (Phi) is 4.78. The Bertz CT molecular complexity index is 1480. The molecule has 0 aliphatic carbocycles. The molecule has 31 heavy (non-hydrogen) atoms. The van der Waals surface area contributed by atoms with Gasteiger partial charge in [-0.25, -0.2) is 4.98 Å². The SMILES string of the molecule is Cc1c(Nc2c(C#N)cnc3sc(/C=C/c4ccccc4)c(C)c23)ccc2[nH]ccc12. The zero-order chi connectivity index (χ0) is 21.4. The minimum Gasteiger partial charge on any atom is -0.361 e. The molecule has 0 radical (unpaired) electrons. The number of pyridine rings is 1. The number of aromatic nitrogens is 2. The maximum Gasteiger partial charge on any atom is 0.126 e. The first-order valence-corrected chi connectivity index (χ1v) is 10.9. The normalized spacial score (nSPS) is 11.4. The van der Waals surface area contributed by atoms with Crippen molar-refractivity contribution < 1.29 is 0 Å². The monoisotopic (exact) mass is 420 g/mol. The Labute approximate surface area is 184 Å². The minimum atomic E-state index is 0.542. The molecule has 0 spiro atoms. The quantitative estimate of drug-likeness (QED) is 0.324. The molecule has 3 heterocycles. The first kappa shape index (κ1) is 19.1. The number of nitrogens with one attached hydrogen (secondary N) is 2. The van der Waals surface area contributed by atoms with Gasteiger partial charge >= 0.3 is 0 Å². The van der Waals surface area contributed by atoms with Gasteiger partial charge in [0.25, 0.3) is 0 Å². The van der Waals surface area contributed by atoms with Gasteiger partial charge < -0.3 is 10.3 Å². The van der Waals surface area contributed by atoms with Crippen molar-refractivity contribution in [3.63, 3.8) is 0 Å². The highest BCUT2D eigenvalue weighted by atomic mass is 32.1. The van der Waals surface area contributed by atoms with Crippen molar-refractivity contribution in [1.82, 2.24) is 9.97 Å². The van der Waals surface area contributed by atoms with Crippen LogP contribution in [0, 0.1) is 25.2 Å². The van der Waals surface area contributed by atoms with Crippen LogP contribution in [-0.2, 0) is 0 Å². The molecule has 150 valence electrons. The Hall–Kier alpha value is -3.88. The van der Waals surface area contributed by atoms with Gasteiger partial charge in [-0.1, -0.05) is 36.4 Å². The van der Waals surface area contributed by atoms with Gasteiger partial charge in [-0.2, -0.15) is 5.26 Å². The largest absolute Gasteiger partial charge is 0.361 e. The van der Waals surface area contributed by atoms with Gasteiger partial charge in [0.05, 0.1) is 11.3 Å². The molecule has 3 aromatic heterocycles. The van der Waals surface area contributed by atoms with E-state index < -0.39 is 0 Å². The van der Waals surface area contributed by atoms with E-state index in [-0.39, 0.29) is 0 Å². The lowest BCUT2D eigenvalue weighted by Gasteiger charge is -2.13. The topological polar surface area (TPSA) is 64.5 Å². The van der Waals surface area contributed by atoms with E-state index in [2.05, 4.69) is 77.7 Å². The molecule has 0 aliphatic rings. The molecule has 5 rings (SSSR count). The Morgan fingerprint density at radius 1 is 1.03 bits per heavy atom. The van der Waals surface area contributed by atoms with Gasteiger partial charge in [0.2, 0.25) is 0 Å². The fourth-order valence-corrected chi connectivity index (χ4v) is 4.95. The van der Waals surface area contributed by atoms with E-state index in [1.807, 2.05) is 24.4 Å². The maximum absolute atomic E-state index is 9.77. The number of hydrogen-bond acceptors (Lipinski definition) is 4. The van der Waals surface area contributed by atoms with Crippen molar-refractivity contribution in [3.8, 4) is 6.07 Å². The molecular formula is C26H20N4S. The molecule has 0 atom stereocenters. The van der Waals surface area contributed by atoms with Gasteiger partial charge in [0.1, 0.15) is 10.9 Å². The van der Waals surface area contributed by atoms with Crippen LogP contribution in [0.25, 0.3) is 33.3 Å². The van der Waals surface area contributed by atoms with Gasteiger partial charge in [-0.15, -0.1) is 11.3 Å². The summed E-state index contributed by atoms with van der Waals surface area (Å²) >= 11 is 1.64. The highest BCUT2D eigenvalue weighted by molar-refractivity contribution is 7.19. The molecule has 5 aromatic rings. The van der Waals surface area contributed by atoms with E-state index in [9.17, 15) is 5.26 Å². The molecule has 0 saturated carbocycles. The second-order valence-corrected chi connectivity index (χ2v) is 8.51. The molecule has 4 nitrogen and oxygen atoms in total. The summed E-state index contributed by atoms with van der Waals surface area (Å²) in [6, 6.07) is 18.7. The van der Waals surface area contributed by atoms with E-state index in [4.69, 9.17) is 0 Å². The van der Waals surface area contributed by atoms with E-state index in [1.165, 1.54) is 5.39 Å². The number of hydrogen-bond donors (Lipinski definition) is 2. The lowest BCUT2D eigenvalue weighted by Crippen LogP contribution is -1.98. The molecule has 0 amide bonds. The van der Waals surface area contributed by atoms with Crippen molar-refractivity contribution >= 4 is 56.0 Å². The number of fused-ring (bicyclic) bond motifs is 2. The zero-order valence-corrected chi connectivity index (χ0v) is 18.0. The molecule has 0 bridgehead atoms. The lowest BCUT2D eigenvalue weighted by atomic mass is 10.1. The summed E-state index contributed by atoms with van der Waals surface area (Å²) < 4.78 is 0. The number of benzene rings is 2. The summed E-state index contributed by atoms with van der Waals surface area (Å²) in [5.41, 5.74) is 6.87. The van der Waals surface area contributed by atoms with Crippen LogP contribution in [0.3, 0.4) is 0 Å². The second kappa shape index (κ2) is 7.75. The summed E-state index contributed by atoms with van der Waals surface area (Å²) in [7, 11) is 0. The van der Waals surface area contributed by atoms with Crippen LogP contribution in [0.5, 0.6) is 0 Å². The third-order valence-electron chi connectivity index (χ3n) is 5.61. The third kappa shape index (κ3) is 3.37. The summed E-state index contributed by atoms with van der Waals surface area (Å²) in [6.45, 7) is 4.19. The number of rotatable bonds is 4. The fraction of sp³-hybridized carbons (Fsp3) is 0.0769. The van der Waals surface area contributed by atoms with Crippen LogP contribution < -0.4 is 5.32 Å². The second-order valence-electron chi connectivity index (χ2n) is 7.48. The predicted octanol–water partition coefficient (Wildman–Crippen LogP) is 7.18. The number of aryl methyl sites for hydroxylation is 2. The van der Waals surface area contributed by atoms with Crippen LogP contribution in [0.15, 0.2) is 60.9 Å². The van der Waals surface area contributed by atoms with Crippen molar-refractivity contribution in [2.45, 2.75) is 13.8 Å². The maximum atomic E-state index is 9.77. The van der Waals surface area contributed by atoms with E-state index in [1.54, 1.807) is 17.5 Å². The fourth-order valence-electron chi connectivity index (χ4n) is 3.89. The number of nitriles is 1. The number of nitrogens with zero attached hydrogens (tertiary/aromatic N) is 2. The van der Waals surface area contributed by atoms with Crippen LogP contribution in [0.4, 0.5) is 11.4 Å². The van der Waals surface area contributed by atoms with E-state index in [0.717, 1.165) is 48.7 Å². The molecule has 2 N–H and O–H groups in total. The van der Waals surface area contributed by atoms with Crippen molar-refractivity contribution in [1.29, 1.82) is 5.26 Å². The summed E-state index contributed by atoms with van der Waals surface area (Å²) in [6.07, 6.45) is 7.85. The molecule has 0 aliphatic heterocycles. The first-order chi connectivity index (χ1) is 15.2. The minimum absolute atomic E-state index is 0.542. The third-order valence-corrected chi connectivity index (χ3v) is 6.77. The number of aromatic amines is 1. The Balaban J connectivity index is 1.63.